The fourth-order valence-electron chi connectivity index (χ4n) is 1.62. The van der Waals surface area contributed by atoms with Crippen LogP contribution in [0.4, 0.5) is 8.78 Å². The summed E-state index contributed by atoms with van der Waals surface area (Å²) in [6.07, 6.45) is -2.07. The molecule has 19 heavy (non-hydrogen) atoms. The number of nitrogens with two attached hydrogens (primary N) is 1. The van der Waals surface area contributed by atoms with Crippen molar-refractivity contribution in [1.82, 2.24) is 4.98 Å². The number of hydrogen-bond donors (Lipinski definition) is 1. The highest BCUT2D eigenvalue weighted by atomic mass is 19.3. The zero-order chi connectivity index (χ0) is 14.4. The Morgan fingerprint density at radius 3 is 2.79 bits per heavy atom. The van der Waals surface area contributed by atoms with Gasteiger partial charge in [-0.1, -0.05) is 0 Å². The molecule has 0 spiro atoms. The molecule has 2 N–H and O–H groups in total. The molecule has 1 aromatic rings. The van der Waals surface area contributed by atoms with Crippen LogP contribution >= 0.6 is 0 Å². The van der Waals surface area contributed by atoms with Gasteiger partial charge in [-0.15, -0.1) is 0 Å². The molecule has 7 heteroatoms. The zero-order valence-corrected chi connectivity index (χ0v) is 10.3. The maximum atomic E-state index is 13.0. The molecule has 1 aromatic heterocycles. The number of carbonyl (C=O) groups is 1. The molecule has 0 unspecified atom stereocenters. The van der Waals surface area contributed by atoms with Crippen molar-refractivity contribution in [2.45, 2.75) is 26.3 Å². The van der Waals surface area contributed by atoms with Crippen LogP contribution in [0.15, 0.2) is 6.20 Å². The summed E-state index contributed by atoms with van der Waals surface area (Å²) in [7, 11) is 0. The average Bonchev–Trinajstić information content (AvgIpc) is 2.37. The molecule has 1 heterocycles. The number of pyridine rings is 1. The monoisotopic (exact) mass is 269 g/mol. The van der Waals surface area contributed by atoms with E-state index < -0.39 is 24.4 Å². The highest BCUT2D eigenvalue weighted by Crippen LogP contribution is 2.28. The topological polar surface area (TPSA) is 89.0 Å². The number of alkyl halides is 2. The molecule has 0 saturated carbocycles. The fourth-order valence-corrected chi connectivity index (χ4v) is 1.62. The Morgan fingerprint density at radius 2 is 2.32 bits per heavy atom. The molecule has 0 atom stereocenters. The highest BCUT2D eigenvalue weighted by molar-refractivity contribution is 5.73. The van der Waals surface area contributed by atoms with Gasteiger partial charge in [0.05, 0.1) is 29.8 Å². The van der Waals surface area contributed by atoms with E-state index in [0.717, 1.165) is 0 Å². The molecule has 102 valence electrons. The van der Waals surface area contributed by atoms with Crippen LogP contribution in [-0.4, -0.2) is 17.6 Å². The van der Waals surface area contributed by atoms with Gasteiger partial charge in [-0.25, -0.2) is 8.78 Å². The summed E-state index contributed by atoms with van der Waals surface area (Å²) in [5, 5.41) is 8.96. The van der Waals surface area contributed by atoms with E-state index >= 15 is 0 Å². The number of aromatic nitrogens is 1. The predicted octanol–water partition coefficient (Wildman–Crippen LogP) is 1.46. The molecule has 0 aliphatic carbocycles. The molecule has 0 amide bonds. The Morgan fingerprint density at radius 1 is 1.63 bits per heavy atom. The largest absolute Gasteiger partial charge is 0.466 e. The van der Waals surface area contributed by atoms with Crippen molar-refractivity contribution in [3.05, 3.63) is 28.6 Å². The van der Waals surface area contributed by atoms with Crippen molar-refractivity contribution < 1.29 is 18.3 Å². The van der Waals surface area contributed by atoms with Crippen LogP contribution in [0.2, 0.25) is 0 Å². The van der Waals surface area contributed by atoms with E-state index in [0.29, 0.717) is 0 Å². The average molecular weight is 269 g/mol. The number of rotatable bonds is 5. The van der Waals surface area contributed by atoms with Crippen LogP contribution in [0, 0.1) is 11.3 Å². The summed E-state index contributed by atoms with van der Waals surface area (Å²) in [5.41, 5.74) is 4.68. The second-order valence-corrected chi connectivity index (χ2v) is 3.62. The van der Waals surface area contributed by atoms with Crippen LogP contribution in [-0.2, 0) is 22.5 Å². The van der Waals surface area contributed by atoms with E-state index in [1.165, 1.54) is 6.20 Å². The lowest BCUT2D eigenvalue weighted by molar-refractivity contribution is -0.142. The Kier molecular flexibility index (Phi) is 5.33. The quantitative estimate of drug-likeness (QED) is 0.817. The van der Waals surface area contributed by atoms with Crippen molar-refractivity contribution in [2.24, 2.45) is 5.73 Å². The smallest absolute Gasteiger partial charge is 0.311 e. The Hall–Kier alpha value is -2.07. The maximum absolute atomic E-state index is 13.0. The second kappa shape index (κ2) is 6.75. The predicted molar refractivity (Wildman–Crippen MR) is 62.1 cm³/mol. The van der Waals surface area contributed by atoms with Crippen LogP contribution in [0.25, 0.3) is 0 Å². The van der Waals surface area contributed by atoms with E-state index in [1.807, 2.05) is 0 Å². The van der Waals surface area contributed by atoms with Crippen LogP contribution in [0.1, 0.15) is 35.7 Å². The maximum Gasteiger partial charge on any atom is 0.311 e. The Labute approximate surface area is 109 Å². The summed E-state index contributed by atoms with van der Waals surface area (Å²) in [6, 6.07) is 1.69. The van der Waals surface area contributed by atoms with E-state index in [4.69, 9.17) is 11.0 Å². The number of halogens is 2. The molecule has 0 aliphatic heterocycles. The van der Waals surface area contributed by atoms with Crippen LogP contribution in [0.3, 0.4) is 0 Å². The fraction of sp³-hybridized carbons (Fsp3) is 0.417. The number of carbonyl (C=O) groups excluding carboxylic acids is 1. The van der Waals surface area contributed by atoms with E-state index in [-0.39, 0.29) is 30.0 Å². The summed E-state index contributed by atoms with van der Waals surface area (Å²) in [4.78, 5) is 15.1. The number of nitrogens with zero attached hydrogens (tertiary/aromatic N) is 2. The first-order valence-corrected chi connectivity index (χ1v) is 5.59. The van der Waals surface area contributed by atoms with Crippen molar-refractivity contribution in [3.8, 4) is 6.07 Å². The molecular formula is C12H13F2N3O2. The highest BCUT2D eigenvalue weighted by Gasteiger charge is 2.23. The van der Waals surface area contributed by atoms with Crippen LogP contribution in [0.5, 0.6) is 0 Å². The van der Waals surface area contributed by atoms with E-state index in [1.54, 1.807) is 13.0 Å². The lowest BCUT2D eigenvalue weighted by atomic mass is 10.0. The SMILES string of the molecule is CCOC(=O)Cc1ncc(CN)c(C#N)c1C(F)F. The molecule has 0 bridgehead atoms. The number of esters is 1. The molecule has 0 aliphatic rings. The van der Waals surface area contributed by atoms with E-state index in [9.17, 15) is 13.6 Å². The van der Waals surface area contributed by atoms with Gasteiger partial charge in [0.2, 0.25) is 0 Å². The standard InChI is InChI=1S/C12H13F2N3O2/c1-2-19-10(18)3-9-11(12(13)14)8(5-16)7(4-15)6-17-9/h6,12H,2-4,15H2,1H3. The summed E-state index contributed by atoms with van der Waals surface area (Å²) in [6.45, 7) is 1.68. The first kappa shape index (κ1) is 15.0. The Balaban J connectivity index is 3.25. The van der Waals surface area contributed by atoms with Crippen molar-refractivity contribution >= 4 is 5.97 Å². The number of hydrogen-bond acceptors (Lipinski definition) is 5. The third-order valence-corrected chi connectivity index (χ3v) is 2.44. The second-order valence-electron chi connectivity index (χ2n) is 3.62. The van der Waals surface area contributed by atoms with Gasteiger partial charge in [-0.2, -0.15) is 5.26 Å². The van der Waals surface area contributed by atoms with Gasteiger partial charge in [0, 0.05) is 18.3 Å². The minimum atomic E-state index is -2.90. The molecule has 0 aromatic carbocycles. The first-order valence-electron chi connectivity index (χ1n) is 5.59. The third-order valence-electron chi connectivity index (χ3n) is 2.44. The van der Waals surface area contributed by atoms with Crippen molar-refractivity contribution in [1.29, 1.82) is 5.26 Å². The molecule has 0 saturated heterocycles. The minimum absolute atomic E-state index is 0.0741. The molecule has 0 fully saturated rings. The van der Waals surface area contributed by atoms with E-state index in [2.05, 4.69) is 9.72 Å². The molecular weight excluding hydrogens is 256 g/mol. The van der Waals surface area contributed by atoms with Gasteiger partial charge in [0.1, 0.15) is 6.07 Å². The number of ether oxygens (including phenoxy) is 1. The molecule has 1 rings (SSSR count). The van der Waals surface area contributed by atoms with Gasteiger partial charge in [-0.3, -0.25) is 9.78 Å². The molecule has 0 radical (unpaired) electrons. The normalized spacial score (nSPS) is 10.3. The molecule has 5 nitrogen and oxygen atoms in total. The van der Waals surface area contributed by atoms with Gasteiger partial charge < -0.3 is 10.5 Å². The third kappa shape index (κ3) is 3.45. The van der Waals surface area contributed by atoms with Gasteiger partial charge >= 0.3 is 5.97 Å². The first-order chi connectivity index (χ1) is 9.04. The lowest BCUT2D eigenvalue weighted by Gasteiger charge is -2.12. The van der Waals surface area contributed by atoms with Crippen molar-refractivity contribution in [2.75, 3.05) is 6.61 Å². The Bertz CT molecular complexity index is 512. The minimum Gasteiger partial charge on any atom is -0.466 e. The zero-order valence-electron chi connectivity index (χ0n) is 10.3. The van der Waals surface area contributed by atoms with Gasteiger partial charge in [0.15, 0.2) is 0 Å². The summed E-state index contributed by atoms with van der Waals surface area (Å²) in [5.74, 6) is -0.665. The van der Waals surface area contributed by atoms with Gasteiger partial charge in [0.25, 0.3) is 6.43 Å². The van der Waals surface area contributed by atoms with Gasteiger partial charge in [-0.05, 0) is 6.92 Å². The summed E-state index contributed by atoms with van der Waals surface area (Å²) >= 11 is 0. The van der Waals surface area contributed by atoms with Crippen molar-refractivity contribution in [3.63, 3.8) is 0 Å². The number of nitriles is 1. The lowest BCUT2D eigenvalue weighted by Crippen LogP contribution is -2.14. The van der Waals surface area contributed by atoms with Crippen LogP contribution < -0.4 is 5.73 Å². The summed E-state index contributed by atoms with van der Waals surface area (Å²) < 4.78 is 30.8.